The van der Waals surface area contributed by atoms with Crippen LogP contribution in [0.25, 0.3) is 11.1 Å². The van der Waals surface area contributed by atoms with Crippen LogP contribution in [0, 0.1) is 0 Å². The van der Waals surface area contributed by atoms with Gasteiger partial charge in [0.05, 0.1) is 32.5 Å². The Morgan fingerprint density at radius 2 is 1.61 bits per heavy atom. The van der Waals surface area contributed by atoms with Crippen molar-refractivity contribution >= 4 is 5.78 Å². The molecule has 0 spiro atoms. The molecule has 1 aliphatic heterocycles. The number of hydrogen-bond donors (Lipinski definition) is 0. The molecule has 166 valence electrons. The highest BCUT2D eigenvalue weighted by Gasteiger charge is 2.44. The standard InChI is InChI=1S/C25H31NO5/c1-13(2)30-23-17-10-11-26(5)21-19(17)20(24(29-7)25(23)31-14(3)4)18-12-15(28-6)8-9-16(18)22(21)27/h8-9,12-14,21H,10-11H2,1-7H3. The molecule has 0 fully saturated rings. The number of likely N-dealkylation sites (N-methyl/N-ethyl adjacent to an activating group) is 1. The van der Waals surface area contributed by atoms with Crippen LogP contribution in [0.1, 0.15) is 55.2 Å². The van der Waals surface area contributed by atoms with E-state index in [2.05, 4.69) is 4.90 Å². The van der Waals surface area contributed by atoms with Gasteiger partial charge in [0, 0.05) is 28.8 Å². The smallest absolute Gasteiger partial charge is 0.204 e. The van der Waals surface area contributed by atoms with Crippen LogP contribution in [0.5, 0.6) is 23.0 Å². The number of benzene rings is 2. The fourth-order valence-electron chi connectivity index (χ4n) is 4.65. The van der Waals surface area contributed by atoms with Crippen LogP contribution in [0.3, 0.4) is 0 Å². The van der Waals surface area contributed by atoms with Crippen LogP contribution < -0.4 is 18.9 Å². The van der Waals surface area contributed by atoms with Crippen molar-refractivity contribution < 1.29 is 23.7 Å². The van der Waals surface area contributed by atoms with E-state index in [1.807, 2.05) is 52.9 Å². The van der Waals surface area contributed by atoms with Crippen molar-refractivity contribution in [3.63, 3.8) is 0 Å². The molecule has 2 aliphatic rings. The zero-order valence-electron chi connectivity index (χ0n) is 19.4. The Labute approximate surface area is 184 Å². The van der Waals surface area contributed by atoms with E-state index in [1.54, 1.807) is 14.2 Å². The number of ether oxygens (including phenoxy) is 4. The molecule has 0 radical (unpaired) electrons. The van der Waals surface area contributed by atoms with Crippen LogP contribution in [-0.2, 0) is 6.42 Å². The van der Waals surface area contributed by atoms with Crippen LogP contribution in [0.2, 0.25) is 0 Å². The van der Waals surface area contributed by atoms with E-state index >= 15 is 0 Å². The maximum Gasteiger partial charge on any atom is 0.204 e. The van der Waals surface area contributed by atoms with Crippen molar-refractivity contribution in [1.29, 1.82) is 0 Å². The van der Waals surface area contributed by atoms with Gasteiger partial charge < -0.3 is 18.9 Å². The van der Waals surface area contributed by atoms with E-state index < -0.39 is 0 Å². The van der Waals surface area contributed by atoms with Gasteiger partial charge >= 0.3 is 0 Å². The number of fused-ring (bicyclic) bond motifs is 2. The summed E-state index contributed by atoms with van der Waals surface area (Å²) < 4.78 is 24.0. The Hall–Kier alpha value is -2.73. The molecule has 6 nitrogen and oxygen atoms in total. The first kappa shape index (κ1) is 21.5. The molecular weight excluding hydrogens is 394 g/mol. The summed E-state index contributed by atoms with van der Waals surface area (Å²) in [5, 5.41) is 0. The Kier molecular flexibility index (Phi) is 5.60. The summed E-state index contributed by atoms with van der Waals surface area (Å²) in [7, 11) is 5.27. The van der Waals surface area contributed by atoms with E-state index in [-0.39, 0.29) is 24.0 Å². The molecule has 0 N–H and O–H groups in total. The summed E-state index contributed by atoms with van der Waals surface area (Å²) in [5.74, 6) is 2.68. The highest BCUT2D eigenvalue weighted by atomic mass is 16.5. The lowest BCUT2D eigenvalue weighted by atomic mass is 9.75. The van der Waals surface area contributed by atoms with E-state index in [9.17, 15) is 4.79 Å². The second-order valence-electron chi connectivity index (χ2n) is 8.70. The number of nitrogens with zero attached hydrogens (tertiary/aromatic N) is 1. The van der Waals surface area contributed by atoms with Gasteiger partial charge in [-0.3, -0.25) is 9.69 Å². The van der Waals surface area contributed by atoms with Crippen molar-refractivity contribution in [2.24, 2.45) is 0 Å². The van der Waals surface area contributed by atoms with Gasteiger partial charge in [-0.15, -0.1) is 0 Å². The summed E-state index contributed by atoms with van der Waals surface area (Å²) in [5.41, 5.74) is 4.38. The number of hydrogen-bond acceptors (Lipinski definition) is 6. The minimum Gasteiger partial charge on any atom is -0.497 e. The molecule has 0 saturated carbocycles. The maximum absolute atomic E-state index is 13.6. The molecule has 2 aromatic carbocycles. The summed E-state index contributed by atoms with van der Waals surface area (Å²) in [6, 6.07) is 5.22. The molecule has 1 atom stereocenters. The number of rotatable bonds is 6. The Balaban J connectivity index is 2.14. The maximum atomic E-state index is 13.6. The molecule has 1 unspecified atom stereocenters. The highest BCUT2D eigenvalue weighted by molar-refractivity contribution is 6.12. The zero-order valence-corrected chi connectivity index (χ0v) is 19.4. The fraction of sp³-hybridized carbons (Fsp3) is 0.480. The van der Waals surface area contributed by atoms with Gasteiger partial charge in [0.1, 0.15) is 5.75 Å². The number of methoxy groups -OCH3 is 2. The van der Waals surface area contributed by atoms with Crippen molar-refractivity contribution in [2.45, 2.75) is 52.4 Å². The SMILES string of the molecule is COc1ccc2c(c1)-c1c(OC)c(OC(C)C)c(OC(C)C)c3c1C(C2=O)N(C)CC3. The summed E-state index contributed by atoms with van der Waals surface area (Å²) in [6.07, 6.45) is 0.659. The Morgan fingerprint density at radius 3 is 2.23 bits per heavy atom. The van der Waals surface area contributed by atoms with Crippen LogP contribution >= 0.6 is 0 Å². The summed E-state index contributed by atoms with van der Waals surface area (Å²) >= 11 is 0. The second kappa shape index (κ2) is 8.08. The second-order valence-corrected chi connectivity index (χ2v) is 8.70. The normalized spacial score (nSPS) is 17.5. The van der Waals surface area contributed by atoms with E-state index in [4.69, 9.17) is 18.9 Å². The topological polar surface area (TPSA) is 57.2 Å². The van der Waals surface area contributed by atoms with Gasteiger partial charge in [-0.25, -0.2) is 0 Å². The van der Waals surface area contributed by atoms with Crippen LogP contribution in [0.15, 0.2) is 18.2 Å². The Bertz CT molecular complexity index is 1030. The number of carbonyl (C=O) groups excluding carboxylic acids is 1. The summed E-state index contributed by atoms with van der Waals surface area (Å²) in [4.78, 5) is 15.7. The lowest BCUT2D eigenvalue weighted by molar-refractivity contribution is 0.0832. The van der Waals surface area contributed by atoms with Crippen LogP contribution in [-0.4, -0.2) is 50.7 Å². The minimum atomic E-state index is -0.379. The molecular formula is C25H31NO5. The minimum absolute atomic E-state index is 0.0432. The first-order valence-electron chi connectivity index (χ1n) is 10.8. The molecule has 1 heterocycles. The Morgan fingerprint density at radius 1 is 0.935 bits per heavy atom. The molecule has 6 heteroatoms. The van der Waals surface area contributed by atoms with Gasteiger partial charge in [0.15, 0.2) is 17.3 Å². The molecule has 31 heavy (non-hydrogen) atoms. The third-order valence-corrected chi connectivity index (χ3v) is 5.86. The van der Waals surface area contributed by atoms with E-state index in [0.29, 0.717) is 28.6 Å². The number of carbonyl (C=O) groups is 1. The molecule has 0 aromatic heterocycles. The van der Waals surface area contributed by atoms with Crippen molar-refractivity contribution in [3.8, 4) is 34.1 Å². The molecule has 0 amide bonds. The van der Waals surface area contributed by atoms with Gasteiger partial charge in [-0.05, 0) is 64.9 Å². The van der Waals surface area contributed by atoms with E-state index in [0.717, 1.165) is 35.2 Å². The largest absolute Gasteiger partial charge is 0.497 e. The summed E-state index contributed by atoms with van der Waals surface area (Å²) in [6.45, 7) is 8.72. The lowest BCUT2D eigenvalue weighted by Crippen LogP contribution is -2.40. The number of ketones is 1. The van der Waals surface area contributed by atoms with Gasteiger partial charge in [0.25, 0.3) is 0 Å². The third kappa shape index (κ3) is 3.43. The van der Waals surface area contributed by atoms with Gasteiger partial charge in [0.2, 0.25) is 5.75 Å². The molecule has 1 aliphatic carbocycles. The van der Waals surface area contributed by atoms with Gasteiger partial charge in [-0.1, -0.05) is 0 Å². The molecule has 4 rings (SSSR count). The fourth-order valence-corrected chi connectivity index (χ4v) is 4.65. The van der Waals surface area contributed by atoms with Gasteiger partial charge in [-0.2, -0.15) is 0 Å². The first-order chi connectivity index (χ1) is 14.8. The number of Topliss-reactive ketones (excluding diaryl/α,β-unsaturated/α-hetero) is 1. The van der Waals surface area contributed by atoms with E-state index in [1.165, 1.54) is 0 Å². The lowest BCUT2D eigenvalue weighted by Gasteiger charge is -2.40. The molecule has 0 saturated heterocycles. The first-order valence-corrected chi connectivity index (χ1v) is 10.8. The highest BCUT2D eigenvalue weighted by Crippen LogP contribution is 2.57. The predicted octanol–water partition coefficient (Wildman–Crippen LogP) is 4.67. The molecule has 2 aromatic rings. The van der Waals surface area contributed by atoms with Crippen molar-refractivity contribution in [2.75, 3.05) is 27.8 Å². The zero-order chi connectivity index (χ0) is 22.4. The monoisotopic (exact) mass is 425 g/mol. The van der Waals surface area contributed by atoms with Crippen molar-refractivity contribution in [1.82, 2.24) is 4.90 Å². The van der Waals surface area contributed by atoms with Crippen LogP contribution in [0.4, 0.5) is 0 Å². The predicted molar refractivity (Wildman–Crippen MR) is 120 cm³/mol. The molecule has 0 bridgehead atoms. The average Bonchev–Trinajstić information content (AvgIpc) is 2.72. The average molecular weight is 426 g/mol. The van der Waals surface area contributed by atoms with Crippen molar-refractivity contribution in [3.05, 3.63) is 34.9 Å². The quantitative estimate of drug-likeness (QED) is 0.670. The third-order valence-electron chi connectivity index (χ3n) is 5.86.